The van der Waals surface area contributed by atoms with E-state index in [0.717, 1.165) is 33.1 Å². The lowest BCUT2D eigenvalue weighted by molar-refractivity contribution is 0.0601. The third kappa shape index (κ3) is 2.39. The van der Waals surface area contributed by atoms with Crippen LogP contribution in [-0.4, -0.2) is 13.1 Å². The predicted octanol–water partition coefficient (Wildman–Crippen LogP) is 7.35. The Morgan fingerprint density at radius 3 is 2.31 bits per heavy atom. The third-order valence-electron chi connectivity index (χ3n) is 6.81. The van der Waals surface area contributed by atoms with E-state index in [4.69, 9.17) is 9.15 Å². The van der Waals surface area contributed by atoms with Crippen molar-refractivity contribution in [3.05, 3.63) is 95.6 Å². The van der Waals surface area contributed by atoms with Crippen LogP contribution in [0.2, 0.25) is 0 Å². The number of para-hydroxylation sites is 1. The van der Waals surface area contributed by atoms with Crippen LogP contribution in [0.4, 0.5) is 0 Å². The molecule has 0 N–H and O–H groups in total. The number of carbonyl (C=O) groups excluding carboxylic acids is 1. The first-order valence-electron chi connectivity index (χ1n) is 10.8. The largest absolute Gasteiger partial charge is 0.465 e. The van der Waals surface area contributed by atoms with E-state index >= 15 is 0 Å². The first-order chi connectivity index (χ1) is 15.5. The zero-order valence-electron chi connectivity index (χ0n) is 18.2. The second-order valence-electron chi connectivity index (χ2n) is 8.86. The molecule has 6 rings (SSSR count). The van der Waals surface area contributed by atoms with Crippen LogP contribution < -0.4 is 0 Å². The summed E-state index contributed by atoms with van der Waals surface area (Å²) in [6.07, 6.45) is 0. The Morgan fingerprint density at radius 1 is 0.812 bits per heavy atom. The summed E-state index contributed by atoms with van der Waals surface area (Å²) < 4.78 is 11.5. The topological polar surface area (TPSA) is 39.4 Å². The Labute approximate surface area is 186 Å². The first-order valence-corrected chi connectivity index (χ1v) is 10.8. The summed E-state index contributed by atoms with van der Waals surface area (Å²) >= 11 is 0. The van der Waals surface area contributed by atoms with E-state index in [1.807, 2.05) is 42.5 Å². The summed E-state index contributed by atoms with van der Waals surface area (Å²) in [5.74, 6) is -0.354. The molecule has 0 spiro atoms. The van der Waals surface area contributed by atoms with Crippen LogP contribution in [0, 0.1) is 0 Å². The lowest BCUT2D eigenvalue weighted by Gasteiger charge is -2.22. The van der Waals surface area contributed by atoms with Crippen LogP contribution in [0.3, 0.4) is 0 Å². The molecule has 0 amide bonds. The van der Waals surface area contributed by atoms with Crippen molar-refractivity contribution in [3.63, 3.8) is 0 Å². The molecular weight excluding hydrogens is 396 g/mol. The van der Waals surface area contributed by atoms with Crippen LogP contribution in [-0.2, 0) is 10.2 Å². The molecule has 1 aliphatic rings. The van der Waals surface area contributed by atoms with Crippen LogP contribution in [0.15, 0.2) is 83.3 Å². The van der Waals surface area contributed by atoms with Gasteiger partial charge in [-0.05, 0) is 46.0 Å². The summed E-state index contributed by atoms with van der Waals surface area (Å²) in [6, 6.07) is 26.6. The highest BCUT2D eigenvalue weighted by atomic mass is 16.5. The molecule has 156 valence electrons. The van der Waals surface area contributed by atoms with E-state index in [2.05, 4.69) is 50.2 Å². The van der Waals surface area contributed by atoms with Crippen molar-refractivity contribution in [3.8, 4) is 22.3 Å². The fourth-order valence-electron chi connectivity index (χ4n) is 5.27. The molecule has 1 aromatic heterocycles. The molecule has 1 heterocycles. The Hall–Kier alpha value is -3.85. The number of esters is 1. The molecule has 5 aromatic rings. The fraction of sp³-hybridized carbons (Fsp3) is 0.138. The van der Waals surface area contributed by atoms with Gasteiger partial charge in [-0.3, -0.25) is 0 Å². The Balaban J connectivity index is 1.82. The van der Waals surface area contributed by atoms with Crippen molar-refractivity contribution in [2.75, 3.05) is 7.11 Å². The molecular formula is C29H22O3. The number of benzene rings is 4. The highest BCUT2D eigenvalue weighted by Crippen LogP contribution is 2.55. The zero-order valence-corrected chi connectivity index (χ0v) is 18.2. The number of furan rings is 1. The summed E-state index contributed by atoms with van der Waals surface area (Å²) in [5.41, 5.74) is 8.76. The first kappa shape index (κ1) is 18.9. The van der Waals surface area contributed by atoms with Gasteiger partial charge in [-0.15, -0.1) is 0 Å². The van der Waals surface area contributed by atoms with Crippen molar-refractivity contribution in [2.24, 2.45) is 0 Å². The second-order valence-corrected chi connectivity index (χ2v) is 8.86. The average molecular weight is 418 g/mol. The van der Waals surface area contributed by atoms with Gasteiger partial charge in [-0.25, -0.2) is 4.79 Å². The van der Waals surface area contributed by atoms with Crippen molar-refractivity contribution >= 4 is 27.9 Å². The van der Waals surface area contributed by atoms with Gasteiger partial charge < -0.3 is 9.15 Å². The number of ether oxygens (including phenoxy) is 1. The number of carbonyl (C=O) groups is 1. The minimum absolute atomic E-state index is 0.173. The molecule has 3 nitrogen and oxygen atoms in total. The zero-order chi connectivity index (χ0) is 22.0. The molecule has 0 unspecified atom stereocenters. The standard InChI is InChI=1S/C29H22O3/c1-29(2)22-14-8-6-12-19(22)25-23(29)16-21(17-10-4-5-11-18(17)28(30)31-3)27-26(25)20-13-7-9-15-24(20)32-27/h4-16H,1-3H3. The minimum Gasteiger partial charge on any atom is -0.465 e. The van der Waals surface area contributed by atoms with Crippen molar-refractivity contribution in [1.29, 1.82) is 0 Å². The summed E-state index contributed by atoms with van der Waals surface area (Å²) in [5, 5.41) is 2.19. The van der Waals surface area contributed by atoms with Crippen LogP contribution in [0.25, 0.3) is 44.2 Å². The fourth-order valence-corrected chi connectivity index (χ4v) is 5.27. The summed E-state index contributed by atoms with van der Waals surface area (Å²) in [4.78, 5) is 12.6. The van der Waals surface area contributed by atoms with E-state index in [0.29, 0.717) is 5.56 Å². The van der Waals surface area contributed by atoms with Gasteiger partial charge in [0.05, 0.1) is 12.7 Å². The second kappa shape index (κ2) is 6.57. The highest BCUT2D eigenvalue weighted by molar-refractivity contribution is 6.19. The number of hydrogen-bond donors (Lipinski definition) is 0. The normalized spacial score (nSPS) is 13.8. The summed E-state index contributed by atoms with van der Waals surface area (Å²) in [6.45, 7) is 4.53. The monoisotopic (exact) mass is 418 g/mol. The molecule has 1 aliphatic carbocycles. The predicted molar refractivity (Wildman–Crippen MR) is 128 cm³/mol. The smallest absolute Gasteiger partial charge is 0.338 e. The van der Waals surface area contributed by atoms with Gasteiger partial charge in [-0.1, -0.05) is 74.5 Å². The Kier molecular flexibility index (Phi) is 3.88. The maximum atomic E-state index is 12.6. The van der Waals surface area contributed by atoms with Gasteiger partial charge in [0.2, 0.25) is 0 Å². The number of hydrogen-bond acceptors (Lipinski definition) is 3. The van der Waals surface area contributed by atoms with Gasteiger partial charge in [0, 0.05) is 21.8 Å². The molecule has 0 fully saturated rings. The molecule has 0 bridgehead atoms. The maximum Gasteiger partial charge on any atom is 0.338 e. The van der Waals surface area contributed by atoms with Gasteiger partial charge in [-0.2, -0.15) is 0 Å². The van der Waals surface area contributed by atoms with Crippen LogP contribution >= 0.6 is 0 Å². The van der Waals surface area contributed by atoms with E-state index in [1.54, 1.807) is 0 Å². The lowest BCUT2D eigenvalue weighted by Crippen LogP contribution is -2.15. The van der Waals surface area contributed by atoms with Gasteiger partial charge >= 0.3 is 5.97 Å². The van der Waals surface area contributed by atoms with E-state index in [-0.39, 0.29) is 11.4 Å². The van der Waals surface area contributed by atoms with Crippen LogP contribution in [0.5, 0.6) is 0 Å². The van der Waals surface area contributed by atoms with Gasteiger partial charge in [0.1, 0.15) is 11.2 Å². The van der Waals surface area contributed by atoms with Crippen molar-refractivity contribution in [2.45, 2.75) is 19.3 Å². The molecule has 0 saturated heterocycles. The quantitative estimate of drug-likeness (QED) is 0.281. The average Bonchev–Trinajstić information content (AvgIpc) is 3.31. The van der Waals surface area contributed by atoms with Crippen LogP contribution in [0.1, 0.15) is 35.3 Å². The van der Waals surface area contributed by atoms with Gasteiger partial charge in [0.25, 0.3) is 0 Å². The van der Waals surface area contributed by atoms with Crippen molar-refractivity contribution < 1.29 is 13.9 Å². The number of methoxy groups -OCH3 is 1. The Bertz CT molecular complexity index is 1550. The van der Waals surface area contributed by atoms with E-state index in [1.165, 1.54) is 29.4 Å². The lowest BCUT2D eigenvalue weighted by atomic mass is 9.80. The highest BCUT2D eigenvalue weighted by Gasteiger charge is 2.38. The molecule has 0 saturated carbocycles. The SMILES string of the molecule is COC(=O)c1ccccc1-c1cc2c(c3c1oc1ccccc13)-c1ccccc1C2(C)C. The molecule has 3 heteroatoms. The maximum absolute atomic E-state index is 12.6. The minimum atomic E-state index is -0.354. The molecule has 32 heavy (non-hydrogen) atoms. The Morgan fingerprint density at radius 2 is 1.50 bits per heavy atom. The van der Waals surface area contributed by atoms with E-state index < -0.39 is 0 Å². The molecule has 0 aliphatic heterocycles. The molecule has 4 aromatic carbocycles. The van der Waals surface area contributed by atoms with Crippen molar-refractivity contribution in [1.82, 2.24) is 0 Å². The molecule has 0 radical (unpaired) electrons. The number of fused-ring (bicyclic) bond motifs is 7. The van der Waals surface area contributed by atoms with E-state index in [9.17, 15) is 4.79 Å². The van der Waals surface area contributed by atoms with Gasteiger partial charge in [0.15, 0.2) is 0 Å². The number of rotatable bonds is 2. The summed E-state index contributed by atoms with van der Waals surface area (Å²) in [7, 11) is 1.42. The molecule has 0 atom stereocenters. The third-order valence-corrected chi connectivity index (χ3v) is 6.81.